The van der Waals surface area contributed by atoms with Gasteiger partial charge in [0.25, 0.3) is 0 Å². The molecule has 2 heterocycles. The molecule has 0 aliphatic rings. The number of hydrogen-bond acceptors (Lipinski definition) is 4. The van der Waals surface area contributed by atoms with Gasteiger partial charge in [-0.05, 0) is 0 Å². The van der Waals surface area contributed by atoms with Crippen molar-refractivity contribution < 1.29 is 0 Å². The Morgan fingerprint density at radius 3 is 2.60 bits per heavy atom. The van der Waals surface area contributed by atoms with E-state index in [1.165, 1.54) is 0 Å². The third-order valence-electron chi connectivity index (χ3n) is 2.17. The van der Waals surface area contributed by atoms with Crippen LogP contribution in [0.1, 0.15) is 26.5 Å². The van der Waals surface area contributed by atoms with Crippen LogP contribution in [-0.2, 0) is 5.41 Å². The van der Waals surface area contributed by atoms with Crippen LogP contribution in [0.3, 0.4) is 0 Å². The molecule has 4 nitrogen and oxygen atoms in total. The SMILES string of the molecule is CC(C)(C)c1csc(-c2cn[nH]c2N)n1. The van der Waals surface area contributed by atoms with Gasteiger partial charge in [0.1, 0.15) is 10.8 Å². The molecule has 0 fully saturated rings. The molecule has 0 saturated heterocycles. The zero-order valence-corrected chi connectivity index (χ0v) is 9.85. The fourth-order valence-electron chi connectivity index (χ4n) is 1.21. The van der Waals surface area contributed by atoms with E-state index in [2.05, 4.69) is 41.3 Å². The standard InChI is InChI=1S/C10H14N4S/c1-10(2,3)7-5-15-9(13-7)6-4-12-14-8(6)11/h4-5H,1-3H3,(H3,11,12,14). The van der Waals surface area contributed by atoms with Crippen LogP contribution in [0.15, 0.2) is 11.6 Å². The lowest BCUT2D eigenvalue weighted by Crippen LogP contribution is -2.11. The molecule has 0 amide bonds. The van der Waals surface area contributed by atoms with Crippen molar-refractivity contribution >= 4 is 17.2 Å². The summed E-state index contributed by atoms with van der Waals surface area (Å²) in [5.74, 6) is 0.574. The highest BCUT2D eigenvalue weighted by molar-refractivity contribution is 7.13. The van der Waals surface area contributed by atoms with Crippen molar-refractivity contribution in [1.82, 2.24) is 15.2 Å². The zero-order valence-electron chi connectivity index (χ0n) is 9.03. The van der Waals surface area contributed by atoms with Crippen molar-refractivity contribution in [3.8, 4) is 10.6 Å². The number of rotatable bonds is 1. The van der Waals surface area contributed by atoms with E-state index < -0.39 is 0 Å². The number of nitrogens with zero attached hydrogens (tertiary/aromatic N) is 2. The third kappa shape index (κ3) is 1.87. The summed E-state index contributed by atoms with van der Waals surface area (Å²) in [6, 6.07) is 0. The first-order valence-corrected chi connectivity index (χ1v) is 5.61. The van der Waals surface area contributed by atoms with Crippen LogP contribution in [0, 0.1) is 0 Å². The normalized spacial score (nSPS) is 11.9. The Hall–Kier alpha value is -1.36. The fraction of sp³-hybridized carbons (Fsp3) is 0.400. The lowest BCUT2D eigenvalue weighted by atomic mass is 9.93. The van der Waals surface area contributed by atoms with E-state index in [-0.39, 0.29) is 5.41 Å². The second kappa shape index (κ2) is 3.34. The number of aromatic amines is 1. The van der Waals surface area contributed by atoms with Gasteiger partial charge in [-0.15, -0.1) is 11.3 Å². The maximum Gasteiger partial charge on any atom is 0.129 e. The van der Waals surface area contributed by atoms with Crippen LogP contribution in [0.25, 0.3) is 10.6 Å². The van der Waals surface area contributed by atoms with Crippen LogP contribution < -0.4 is 5.73 Å². The number of thiazole rings is 1. The van der Waals surface area contributed by atoms with Gasteiger partial charge in [-0.1, -0.05) is 20.8 Å². The fourth-order valence-corrected chi connectivity index (χ4v) is 2.28. The lowest BCUT2D eigenvalue weighted by Gasteiger charge is -2.14. The average Bonchev–Trinajstić information content (AvgIpc) is 2.69. The summed E-state index contributed by atoms with van der Waals surface area (Å²) in [5, 5.41) is 9.59. The summed E-state index contributed by atoms with van der Waals surface area (Å²) < 4.78 is 0. The summed E-state index contributed by atoms with van der Waals surface area (Å²) in [5.41, 5.74) is 7.79. The monoisotopic (exact) mass is 222 g/mol. The van der Waals surface area contributed by atoms with Gasteiger partial charge in [0.05, 0.1) is 17.5 Å². The zero-order chi connectivity index (χ0) is 11.1. The second-order valence-corrected chi connectivity index (χ2v) is 5.34. The Kier molecular flexibility index (Phi) is 2.26. The maximum atomic E-state index is 5.74. The molecule has 0 aliphatic carbocycles. The van der Waals surface area contributed by atoms with Crippen molar-refractivity contribution in [1.29, 1.82) is 0 Å². The molecule has 0 bridgehead atoms. The van der Waals surface area contributed by atoms with E-state index in [0.29, 0.717) is 5.82 Å². The number of H-pyrrole nitrogens is 1. The molecule has 0 aromatic carbocycles. The molecule has 2 aromatic rings. The van der Waals surface area contributed by atoms with E-state index in [9.17, 15) is 0 Å². The molecule has 0 saturated carbocycles. The molecule has 2 aromatic heterocycles. The first-order valence-electron chi connectivity index (χ1n) is 4.73. The van der Waals surface area contributed by atoms with Crippen LogP contribution in [-0.4, -0.2) is 15.2 Å². The first kappa shape index (κ1) is 10.2. The molecular weight excluding hydrogens is 208 g/mol. The Bertz CT molecular complexity index is 464. The molecule has 0 spiro atoms. The highest BCUT2D eigenvalue weighted by atomic mass is 32.1. The number of hydrogen-bond donors (Lipinski definition) is 2. The second-order valence-electron chi connectivity index (χ2n) is 4.49. The highest BCUT2D eigenvalue weighted by Crippen LogP contribution is 2.31. The molecule has 0 radical (unpaired) electrons. The summed E-state index contributed by atoms with van der Waals surface area (Å²) >= 11 is 1.60. The van der Waals surface area contributed by atoms with Crippen LogP contribution in [0.5, 0.6) is 0 Å². The molecule has 5 heteroatoms. The van der Waals surface area contributed by atoms with Gasteiger partial charge < -0.3 is 5.73 Å². The Balaban J connectivity index is 2.41. The molecule has 15 heavy (non-hydrogen) atoms. The molecule has 2 rings (SSSR count). The van der Waals surface area contributed by atoms with Crippen molar-refractivity contribution in [3.63, 3.8) is 0 Å². The minimum absolute atomic E-state index is 0.0766. The molecule has 0 aliphatic heterocycles. The molecular formula is C10H14N4S. The van der Waals surface area contributed by atoms with Gasteiger partial charge >= 0.3 is 0 Å². The van der Waals surface area contributed by atoms with E-state index in [4.69, 9.17) is 5.73 Å². The van der Waals surface area contributed by atoms with Gasteiger partial charge in [-0.25, -0.2) is 4.98 Å². The summed E-state index contributed by atoms with van der Waals surface area (Å²) in [7, 11) is 0. The van der Waals surface area contributed by atoms with E-state index >= 15 is 0 Å². The van der Waals surface area contributed by atoms with E-state index in [1.54, 1.807) is 17.5 Å². The van der Waals surface area contributed by atoms with Gasteiger partial charge in [-0.3, -0.25) is 5.10 Å². The number of anilines is 1. The van der Waals surface area contributed by atoms with Gasteiger partial charge in [0.15, 0.2) is 0 Å². The molecule has 0 atom stereocenters. The number of nitrogens with two attached hydrogens (primary N) is 1. The van der Waals surface area contributed by atoms with Crippen LogP contribution >= 0.6 is 11.3 Å². The minimum Gasteiger partial charge on any atom is -0.383 e. The topological polar surface area (TPSA) is 67.6 Å². The minimum atomic E-state index is 0.0766. The molecule has 0 unspecified atom stereocenters. The Morgan fingerprint density at radius 1 is 1.40 bits per heavy atom. The number of aromatic nitrogens is 3. The molecule has 3 N–H and O–H groups in total. The summed E-state index contributed by atoms with van der Waals surface area (Å²) in [6.07, 6.45) is 1.71. The Morgan fingerprint density at radius 2 is 2.13 bits per heavy atom. The smallest absolute Gasteiger partial charge is 0.129 e. The van der Waals surface area contributed by atoms with E-state index in [1.807, 2.05) is 0 Å². The lowest BCUT2D eigenvalue weighted by molar-refractivity contribution is 0.573. The average molecular weight is 222 g/mol. The summed E-state index contributed by atoms with van der Waals surface area (Å²) in [6.45, 7) is 6.43. The van der Waals surface area contributed by atoms with Crippen LogP contribution in [0.4, 0.5) is 5.82 Å². The maximum absolute atomic E-state index is 5.74. The summed E-state index contributed by atoms with van der Waals surface area (Å²) in [4.78, 5) is 4.56. The van der Waals surface area contributed by atoms with Crippen molar-refractivity contribution in [3.05, 3.63) is 17.3 Å². The first-order chi connectivity index (χ1) is 6.98. The van der Waals surface area contributed by atoms with Crippen molar-refractivity contribution in [2.75, 3.05) is 5.73 Å². The number of nitrogen functional groups attached to an aromatic ring is 1. The van der Waals surface area contributed by atoms with Crippen molar-refractivity contribution in [2.24, 2.45) is 0 Å². The molecule has 80 valence electrons. The Labute approximate surface area is 92.5 Å². The predicted octanol–water partition coefficient (Wildman–Crippen LogP) is 2.41. The van der Waals surface area contributed by atoms with Gasteiger partial charge in [-0.2, -0.15) is 5.10 Å². The van der Waals surface area contributed by atoms with Gasteiger partial charge in [0, 0.05) is 10.8 Å². The van der Waals surface area contributed by atoms with Gasteiger partial charge in [0.2, 0.25) is 0 Å². The van der Waals surface area contributed by atoms with Crippen LogP contribution in [0.2, 0.25) is 0 Å². The van der Waals surface area contributed by atoms with Crippen molar-refractivity contribution in [2.45, 2.75) is 26.2 Å². The third-order valence-corrected chi connectivity index (χ3v) is 3.05. The number of nitrogens with one attached hydrogen (secondary N) is 1. The predicted molar refractivity (Wildman–Crippen MR) is 62.8 cm³/mol. The quantitative estimate of drug-likeness (QED) is 0.778. The van der Waals surface area contributed by atoms with E-state index in [0.717, 1.165) is 16.3 Å². The highest BCUT2D eigenvalue weighted by Gasteiger charge is 2.18. The largest absolute Gasteiger partial charge is 0.383 e.